The molecule has 0 unspecified atom stereocenters. The highest BCUT2D eigenvalue weighted by atomic mass is 35.5. The molecule has 0 spiro atoms. The number of urea groups is 1. The number of nitrogens with one attached hydrogen (secondary N) is 2. The minimum absolute atomic E-state index is 0.202. The molecule has 0 saturated carbocycles. The van der Waals surface area contributed by atoms with Crippen LogP contribution in [0.5, 0.6) is 0 Å². The number of hydrogen-bond acceptors (Lipinski definition) is 2. The molecule has 0 heterocycles. The molecule has 2 rings (SSSR count). The summed E-state index contributed by atoms with van der Waals surface area (Å²) in [6.45, 7) is 0. The molecular weight excluding hydrogens is 313 g/mol. The Balaban J connectivity index is 2.10. The van der Waals surface area contributed by atoms with Gasteiger partial charge in [0.25, 0.3) is 0 Å². The molecule has 4 nitrogen and oxygen atoms in total. The van der Waals surface area contributed by atoms with E-state index in [1.807, 2.05) is 0 Å². The van der Waals surface area contributed by atoms with Gasteiger partial charge in [0, 0.05) is 11.3 Å². The van der Waals surface area contributed by atoms with Crippen molar-refractivity contribution in [2.24, 2.45) is 5.73 Å². The van der Waals surface area contributed by atoms with Crippen LogP contribution in [0.4, 0.5) is 20.6 Å². The number of halogens is 2. The molecule has 2 amide bonds. The first kappa shape index (κ1) is 15.2. The highest BCUT2D eigenvalue weighted by molar-refractivity contribution is 7.80. The van der Waals surface area contributed by atoms with Crippen molar-refractivity contribution in [2.75, 3.05) is 10.6 Å². The van der Waals surface area contributed by atoms with Gasteiger partial charge in [-0.25, -0.2) is 9.18 Å². The minimum atomic E-state index is -0.511. The van der Waals surface area contributed by atoms with Gasteiger partial charge in [0.1, 0.15) is 10.8 Å². The van der Waals surface area contributed by atoms with Gasteiger partial charge in [-0.05, 0) is 36.4 Å². The zero-order valence-electron chi connectivity index (χ0n) is 10.7. The first-order valence-electron chi connectivity index (χ1n) is 5.88. The Bertz CT molecular complexity index is 691. The quantitative estimate of drug-likeness (QED) is 0.753. The van der Waals surface area contributed by atoms with Crippen molar-refractivity contribution in [3.63, 3.8) is 0 Å². The molecular formula is C14H11ClFN3OS. The fraction of sp³-hybridized carbons (Fsp3) is 0. The van der Waals surface area contributed by atoms with E-state index in [2.05, 4.69) is 10.6 Å². The molecule has 0 aromatic heterocycles. The highest BCUT2D eigenvalue weighted by Crippen LogP contribution is 2.23. The Morgan fingerprint density at radius 1 is 1.14 bits per heavy atom. The molecule has 0 bridgehead atoms. The first-order valence-corrected chi connectivity index (χ1v) is 6.67. The Labute approximate surface area is 131 Å². The summed E-state index contributed by atoms with van der Waals surface area (Å²) in [5, 5.41) is 5.48. The van der Waals surface area contributed by atoms with Crippen molar-refractivity contribution in [3.05, 3.63) is 58.9 Å². The summed E-state index contributed by atoms with van der Waals surface area (Å²) in [4.78, 5) is 12.1. The molecule has 108 valence electrons. The van der Waals surface area contributed by atoms with Gasteiger partial charge in [-0.15, -0.1) is 0 Å². The first-order chi connectivity index (χ1) is 9.95. The summed E-state index contributed by atoms with van der Waals surface area (Å²) in [5.41, 5.74) is 6.95. The van der Waals surface area contributed by atoms with Crippen molar-refractivity contribution < 1.29 is 9.18 Å². The van der Waals surface area contributed by atoms with Crippen LogP contribution in [0.25, 0.3) is 0 Å². The van der Waals surface area contributed by atoms with E-state index < -0.39 is 6.03 Å². The molecule has 0 fully saturated rings. The van der Waals surface area contributed by atoms with E-state index in [1.165, 1.54) is 24.3 Å². The Morgan fingerprint density at radius 3 is 2.43 bits per heavy atom. The molecule has 4 N–H and O–H groups in total. The van der Waals surface area contributed by atoms with Crippen LogP contribution < -0.4 is 16.4 Å². The van der Waals surface area contributed by atoms with Crippen molar-refractivity contribution >= 4 is 46.2 Å². The van der Waals surface area contributed by atoms with Gasteiger partial charge in [0.2, 0.25) is 0 Å². The van der Waals surface area contributed by atoms with Gasteiger partial charge in [-0.1, -0.05) is 29.9 Å². The molecule has 0 aliphatic rings. The lowest BCUT2D eigenvalue weighted by Crippen LogP contribution is -2.20. The molecule has 21 heavy (non-hydrogen) atoms. The predicted molar refractivity (Wildman–Crippen MR) is 86.4 cm³/mol. The van der Waals surface area contributed by atoms with Gasteiger partial charge in [0.15, 0.2) is 0 Å². The van der Waals surface area contributed by atoms with Crippen LogP contribution >= 0.6 is 23.8 Å². The Morgan fingerprint density at radius 2 is 1.81 bits per heavy atom. The van der Waals surface area contributed by atoms with E-state index in [0.717, 1.165) is 0 Å². The number of rotatable bonds is 3. The van der Waals surface area contributed by atoms with Crippen molar-refractivity contribution in [3.8, 4) is 0 Å². The van der Waals surface area contributed by atoms with Gasteiger partial charge < -0.3 is 16.4 Å². The third kappa shape index (κ3) is 4.14. The average Bonchev–Trinajstić information content (AvgIpc) is 2.43. The largest absolute Gasteiger partial charge is 0.389 e. The van der Waals surface area contributed by atoms with E-state index in [1.54, 1.807) is 18.2 Å². The molecule has 2 aromatic rings. The van der Waals surface area contributed by atoms with Crippen molar-refractivity contribution in [1.29, 1.82) is 0 Å². The lowest BCUT2D eigenvalue weighted by molar-refractivity contribution is 0.262. The summed E-state index contributed by atoms with van der Waals surface area (Å²) < 4.78 is 12.8. The second-order valence-electron chi connectivity index (χ2n) is 4.14. The summed E-state index contributed by atoms with van der Waals surface area (Å²) in [7, 11) is 0. The Kier molecular flexibility index (Phi) is 4.72. The normalized spacial score (nSPS) is 10.0. The van der Waals surface area contributed by atoms with Gasteiger partial charge in [-0.3, -0.25) is 0 Å². The van der Waals surface area contributed by atoms with Gasteiger partial charge >= 0.3 is 6.03 Å². The van der Waals surface area contributed by atoms with Gasteiger partial charge in [-0.2, -0.15) is 0 Å². The van der Waals surface area contributed by atoms with Gasteiger partial charge in [0.05, 0.1) is 10.7 Å². The summed E-state index contributed by atoms with van der Waals surface area (Å²) in [5.74, 6) is -0.381. The smallest absolute Gasteiger partial charge is 0.323 e. The number of carbonyl (C=O) groups is 1. The fourth-order valence-corrected chi connectivity index (χ4v) is 1.88. The molecule has 0 saturated heterocycles. The van der Waals surface area contributed by atoms with Crippen LogP contribution in [0.2, 0.25) is 5.02 Å². The fourth-order valence-electron chi connectivity index (χ4n) is 1.59. The standard InChI is InChI=1S/C14H11ClFN3OS/c15-11-6-1-8(13(17)21)7-12(11)19-14(20)18-10-4-2-9(16)3-5-10/h1-7H,(H2,17,21)(H2,18,19,20). The molecule has 0 aliphatic heterocycles. The van der Waals surface area contributed by atoms with Crippen LogP contribution in [-0.2, 0) is 0 Å². The number of nitrogens with two attached hydrogens (primary N) is 1. The Hall–Kier alpha value is -2.18. The lowest BCUT2D eigenvalue weighted by atomic mass is 10.2. The van der Waals surface area contributed by atoms with Crippen molar-refractivity contribution in [1.82, 2.24) is 0 Å². The summed E-state index contributed by atoms with van der Waals surface area (Å²) >= 11 is 10.9. The molecule has 0 atom stereocenters. The van der Waals surface area contributed by atoms with E-state index in [-0.39, 0.29) is 10.8 Å². The maximum Gasteiger partial charge on any atom is 0.323 e. The number of carbonyl (C=O) groups excluding carboxylic acids is 1. The predicted octanol–water partition coefficient (Wildman–Crippen LogP) is 3.76. The maximum atomic E-state index is 12.8. The third-order valence-corrected chi connectivity index (χ3v) is 3.17. The molecule has 2 aromatic carbocycles. The van der Waals surface area contributed by atoms with E-state index in [4.69, 9.17) is 29.6 Å². The number of thiocarbonyl (C=S) groups is 1. The monoisotopic (exact) mass is 323 g/mol. The van der Waals surface area contributed by atoms with Crippen LogP contribution in [0.1, 0.15) is 5.56 Å². The van der Waals surface area contributed by atoms with Crippen LogP contribution in [0.3, 0.4) is 0 Å². The summed E-state index contributed by atoms with van der Waals surface area (Å²) in [6, 6.07) is 9.70. The lowest BCUT2D eigenvalue weighted by Gasteiger charge is -2.10. The van der Waals surface area contributed by atoms with E-state index >= 15 is 0 Å². The maximum absolute atomic E-state index is 12.8. The number of anilines is 2. The number of benzene rings is 2. The molecule has 0 aliphatic carbocycles. The zero-order chi connectivity index (χ0) is 15.4. The minimum Gasteiger partial charge on any atom is -0.389 e. The second kappa shape index (κ2) is 6.51. The number of hydrogen-bond donors (Lipinski definition) is 3. The topological polar surface area (TPSA) is 67.1 Å². The second-order valence-corrected chi connectivity index (χ2v) is 4.99. The summed E-state index contributed by atoms with van der Waals surface area (Å²) in [6.07, 6.45) is 0. The SMILES string of the molecule is NC(=S)c1ccc(Cl)c(NC(=O)Nc2ccc(F)cc2)c1. The zero-order valence-corrected chi connectivity index (χ0v) is 12.3. The third-order valence-electron chi connectivity index (χ3n) is 2.60. The van der Waals surface area contributed by atoms with E-state index in [0.29, 0.717) is 22.0 Å². The van der Waals surface area contributed by atoms with Crippen LogP contribution in [0, 0.1) is 5.82 Å². The highest BCUT2D eigenvalue weighted by Gasteiger charge is 2.08. The molecule has 0 radical (unpaired) electrons. The van der Waals surface area contributed by atoms with E-state index in [9.17, 15) is 9.18 Å². The van der Waals surface area contributed by atoms with Crippen molar-refractivity contribution in [2.45, 2.75) is 0 Å². The molecule has 7 heteroatoms. The average molecular weight is 324 g/mol. The van der Waals surface area contributed by atoms with Crippen LogP contribution in [-0.4, -0.2) is 11.0 Å². The van der Waals surface area contributed by atoms with Crippen LogP contribution in [0.15, 0.2) is 42.5 Å². The number of amides is 2.